The van der Waals surface area contributed by atoms with Gasteiger partial charge in [0.25, 0.3) is 5.91 Å². The lowest BCUT2D eigenvalue weighted by molar-refractivity contribution is -0.175. The number of unbranched alkanes of at least 4 members (excludes halogenated alkanes) is 4. The molecule has 2 unspecified atom stereocenters. The number of anilines is 1. The fraction of sp³-hybridized carbons (Fsp3) is 0.531. The smallest absolute Gasteiger partial charge is 0.336 e. The van der Waals surface area contributed by atoms with Crippen LogP contribution in [0.3, 0.4) is 0 Å². The second kappa shape index (κ2) is 18.1. The predicted octanol–water partition coefficient (Wildman–Crippen LogP) is 5.01. The third-order valence-electron chi connectivity index (χ3n) is 7.05. The van der Waals surface area contributed by atoms with Gasteiger partial charge >= 0.3 is 11.9 Å². The number of carbonyl (C=O) groups is 3. The van der Waals surface area contributed by atoms with Crippen molar-refractivity contribution in [2.75, 3.05) is 38.7 Å². The van der Waals surface area contributed by atoms with Crippen molar-refractivity contribution in [1.82, 2.24) is 4.90 Å². The van der Waals surface area contributed by atoms with Crippen molar-refractivity contribution >= 4 is 23.5 Å². The molecule has 2 atom stereocenters. The standard InChI is InChI=1S/C32H46N2O7/c1-23-12-16-27(17-13-23)33-18-8-6-9-19-34(4)31(37)29(30(32(38)39)41-22-28(35)36)40-20-10-5-7-11-26-15-14-24(2)25(3)21-26/h12-17,21,29-30,33H,5-11,18-20,22H2,1-4H3,(H,35,36)(H,38,39). The highest BCUT2D eigenvalue weighted by Gasteiger charge is 2.37. The zero-order valence-electron chi connectivity index (χ0n) is 24.9. The molecule has 2 aromatic carbocycles. The van der Waals surface area contributed by atoms with E-state index in [1.54, 1.807) is 7.05 Å². The van der Waals surface area contributed by atoms with E-state index in [2.05, 4.69) is 49.5 Å². The lowest BCUT2D eigenvalue weighted by atomic mass is 10.0. The first-order valence-corrected chi connectivity index (χ1v) is 14.4. The first kappa shape index (κ1) is 33.8. The van der Waals surface area contributed by atoms with Crippen LogP contribution in [0.5, 0.6) is 0 Å². The van der Waals surface area contributed by atoms with Crippen molar-refractivity contribution in [1.29, 1.82) is 0 Å². The number of hydrogen-bond acceptors (Lipinski definition) is 6. The summed E-state index contributed by atoms with van der Waals surface area (Å²) in [5, 5.41) is 22.1. The maximum Gasteiger partial charge on any atom is 0.336 e. The van der Waals surface area contributed by atoms with Gasteiger partial charge in [0.2, 0.25) is 0 Å². The predicted molar refractivity (Wildman–Crippen MR) is 159 cm³/mol. The molecule has 0 saturated carbocycles. The van der Waals surface area contributed by atoms with Crippen molar-refractivity contribution in [3.8, 4) is 0 Å². The number of carboxylic acid groups (broad SMARTS) is 2. The topological polar surface area (TPSA) is 125 Å². The van der Waals surface area contributed by atoms with E-state index in [1.807, 2.05) is 19.1 Å². The fourth-order valence-electron chi connectivity index (χ4n) is 4.40. The molecule has 0 heterocycles. The number of aliphatic carboxylic acids is 2. The molecule has 226 valence electrons. The first-order chi connectivity index (χ1) is 19.6. The largest absolute Gasteiger partial charge is 0.480 e. The molecule has 3 N–H and O–H groups in total. The average molecular weight is 571 g/mol. The summed E-state index contributed by atoms with van der Waals surface area (Å²) in [5.74, 6) is -3.29. The van der Waals surface area contributed by atoms with E-state index >= 15 is 0 Å². The summed E-state index contributed by atoms with van der Waals surface area (Å²) in [6.07, 6.45) is 2.71. The van der Waals surface area contributed by atoms with E-state index in [-0.39, 0.29) is 6.61 Å². The molecule has 0 spiro atoms. The summed E-state index contributed by atoms with van der Waals surface area (Å²) in [6, 6.07) is 14.6. The number of aryl methyl sites for hydroxylation is 4. The van der Waals surface area contributed by atoms with E-state index < -0.39 is 36.7 Å². The summed E-state index contributed by atoms with van der Waals surface area (Å²) < 4.78 is 10.9. The Balaban J connectivity index is 1.83. The zero-order valence-corrected chi connectivity index (χ0v) is 24.9. The summed E-state index contributed by atoms with van der Waals surface area (Å²) in [6.45, 7) is 6.78. The molecule has 0 aliphatic heterocycles. The number of amides is 1. The highest BCUT2D eigenvalue weighted by atomic mass is 16.6. The average Bonchev–Trinajstić information content (AvgIpc) is 2.93. The van der Waals surface area contributed by atoms with Gasteiger partial charge in [-0.25, -0.2) is 9.59 Å². The van der Waals surface area contributed by atoms with Gasteiger partial charge in [-0.3, -0.25) is 4.79 Å². The van der Waals surface area contributed by atoms with Crippen LogP contribution < -0.4 is 5.32 Å². The Morgan fingerprint density at radius 3 is 2.20 bits per heavy atom. The number of nitrogens with zero attached hydrogens (tertiary/aromatic N) is 1. The maximum absolute atomic E-state index is 13.2. The van der Waals surface area contributed by atoms with Gasteiger partial charge in [0.15, 0.2) is 12.2 Å². The first-order valence-electron chi connectivity index (χ1n) is 14.4. The Labute approximate surface area is 243 Å². The van der Waals surface area contributed by atoms with Crippen molar-refractivity contribution in [2.24, 2.45) is 0 Å². The number of hydrogen-bond donors (Lipinski definition) is 3. The van der Waals surface area contributed by atoms with Crippen LogP contribution in [-0.4, -0.2) is 78.5 Å². The molecular formula is C32H46N2O7. The van der Waals surface area contributed by atoms with Crippen molar-refractivity contribution in [2.45, 2.75) is 77.9 Å². The second-order valence-corrected chi connectivity index (χ2v) is 10.6. The third kappa shape index (κ3) is 12.7. The number of benzene rings is 2. The van der Waals surface area contributed by atoms with Crippen LogP contribution in [-0.2, 0) is 30.3 Å². The second-order valence-electron chi connectivity index (χ2n) is 10.6. The maximum atomic E-state index is 13.2. The molecule has 0 aliphatic carbocycles. The Morgan fingerprint density at radius 2 is 1.54 bits per heavy atom. The minimum Gasteiger partial charge on any atom is -0.480 e. The van der Waals surface area contributed by atoms with Crippen LogP contribution in [0.4, 0.5) is 5.69 Å². The highest BCUT2D eigenvalue weighted by molar-refractivity contribution is 5.88. The van der Waals surface area contributed by atoms with Crippen molar-refractivity contribution in [3.05, 3.63) is 64.7 Å². The molecule has 0 saturated heterocycles. The number of nitrogens with one attached hydrogen (secondary N) is 1. The van der Waals surface area contributed by atoms with Gasteiger partial charge in [0, 0.05) is 32.4 Å². The third-order valence-corrected chi connectivity index (χ3v) is 7.05. The minimum absolute atomic E-state index is 0.169. The Bertz CT molecular complexity index is 1100. The van der Waals surface area contributed by atoms with Gasteiger partial charge in [0.1, 0.15) is 6.61 Å². The van der Waals surface area contributed by atoms with E-state index in [4.69, 9.17) is 14.6 Å². The molecule has 1 amide bonds. The quantitative estimate of drug-likeness (QED) is 0.190. The number of rotatable bonds is 20. The summed E-state index contributed by atoms with van der Waals surface area (Å²) in [7, 11) is 1.60. The number of likely N-dealkylation sites (N-methyl/N-ethyl adjacent to an activating group) is 1. The lowest BCUT2D eigenvalue weighted by Gasteiger charge is -2.27. The van der Waals surface area contributed by atoms with Gasteiger partial charge in [0.05, 0.1) is 0 Å². The molecule has 2 rings (SSSR count). The van der Waals surface area contributed by atoms with E-state index in [9.17, 15) is 19.5 Å². The van der Waals surface area contributed by atoms with E-state index in [0.717, 1.165) is 50.8 Å². The molecule has 0 aliphatic rings. The van der Waals surface area contributed by atoms with Crippen molar-refractivity contribution < 1.29 is 34.1 Å². The molecule has 9 nitrogen and oxygen atoms in total. The van der Waals surface area contributed by atoms with Crippen molar-refractivity contribution in [3.63, 3.8) is 0 Å². The molecule has 9 heteroatoms. The molecule has 0 radical (unpaired) electrons. The molecular weight excluding hydrogens is 524 g/mol. The molecule has 41 heavy (non-hydrogen) atoms. The van der Waals surface area contributed by atoms with Gasteiger partial charge < -0.3 is 29.9 Å². The molecule has 0 bridgehead atoms. The highest BCUT2D eigenvalue weighted by Crippen LogP contribution is 2.15. The molecule has 2 aromatic rings. The van der Waals surface area contributed by atoms with Crippen LogP contribution in [0.2, 0.25) is 0 Å². The van der Waals surface area contributed by atoms with Gasteiger partial charge in [-0.15, -0.1) is 0 Å². The SMILES string of the molecule is Cc1ccc(NCCCCCN(C)C(=O)C(OCCCCCc2ccc(C)c(C)c2)C(OCC(=O)O)C(=O)O)cc1. The van der Waals surface area contributed by atoms with E-state index in [1.165, 1.54) is 27.2 Å². The Hall–Kier alpha value is -3.43. The summed E-state index contributed by atoms with van der Waals surface area (Å²) in [5.41, 5.74) is 6.06. The van der Waals surface area contributed by atoms with Gasteiger partial charge in [-0.05, 0) is 88.1 Å². The number of carbonyl (C=O) groups excluding carboxylic acids is 1. The van der Waals surface area contributed by atoms with Crippen LogP contribution in [0, 0.1) is 20.8 Å². The molecule has 0 aromatic heterocycles. The normalized spacial score (nSPS) is 12.5. The zero-order chi connectivity index (χ0) is 30.2. The summed E-state index contributed by atoms with van der Waals surface area (Å²) >= 11 is 0. The van der Waals surface area contributed by atoms with Gasteiger partial charge in [-0.2, -0.15) is 0 Å². The van der Waals surface area contributed by atoms with Crippen LogP contribution >= 0.6 is 0 Å². The number of ether oxygens (including phenoxy) is 2. The van der Waals surface area contributed by atoms with E-state index in [0.29, 0.717) is 13.0 Å². The number of carboxylic acids is 2. The minimum atomic E-state index is -1.71. The van der Waals surface area contributed by atoms with Crippen LogP contribution in [0.15, 0.2) is 42.5 Å². The van der Waals surface area contributed by atoms with Crippen LogP contribution in [0.1, 0.15) is 60.8 Å². The van der Waals surface area contributed by atoms with Crippen LogP contribution in [0.25, 0.3) is 0 Å². The monoisotopic (exact) mass is 570 g/mol. The Morgan fingerprint density at radius 1 is 0.829 bits per heavy atom. The van der Waals surface area contributed by atoms with Gasteiger partial charge in [-0.1, -0.05) is 42.3 Å². The fourth-order valence-corrected chi connectivity index (χ4v) is 4.40. The Kier molecular flexibility index (Phi) is 14.9. The lowest BCUT2D eigenvalue weighted by Crippen LogP contribution is -2.50. The summed E-state index contributed by atoms with van der Waals surface area (Å²) in [4.78, 5) is 37.6. The molecule has 0 fully saturated rings.